The first-order valence-electron chi connectivity index (χ1n) is 4.71. The molecule has 0 spiro atoms. The molecule has 1 fully saturated rings. The Labute approximate surface area is 79.4 Å². The van der Waals surface area contributed by atoms with Crippen molar-refractivity contribution >= 4 is 11.8 Å². The zero-order chi connectivity index (χ0) is 8.65. The van der Waals surface area contributed by atoms with E-state index in [0.717, 1.165) is 32.2 Å². The van der Waals surface area contributed by atoms with Gasteiger partial charge in [0.15, 0.2) is 0 Å². The zero-order valence-corrected chi connectivity index (χ0v) is 8.66. The van der Waals surface area contributed by atoms with Gasteiger partial charge in [-0.05, 0) is 25.0 Å². The van der Waals surface area contributed by atoms with Crippen molar-refractivity contribution in [3.8, 4) is 0 Å². The quantitative estimate of drug-likeness (QED) is 0.583. The predicted molar refractivity (Wildman–Crippen MR) is 54.8 cm³/mol. The number of hydrogen-bond acceptors (Lipinski definition) is 3. The smallest absolute Gasteiger partial charge is 0.0591 e. The number of rotatable bonds is 8. The fraction of sp³-hybridized carbons (Fsp3) is 1.00. The average molecular weight is 189 g/mol. The summed E-state index contributed by atoms with van der Waals surface area (Å²) in [6.45, 7) is 3.98. The third-order valence-corrected chi connectivity index (χ3v) is 2.57. The van der Waals surface area contributed by atoms with Gasteiger partial charge in [0.25, 0.3) is 0 Å². The largest absolute Gasteiger partial charge is 0.380 e. The predicted octanol–water partition coefficient (Wildman–Crippen LogP) is 1.37. The highest BCUT2D eigenvalue weighted by atomic mass is 32.2. The second kappa shape index (κ2) is 6.75. The van der Waals surface area contributed by atoms with Crippen LogP contribution in [0.5, 0.6) is 0 Å². The van der Waals surface area contributed by atoms with Crippen molar-refractivity contribution in [3.63, 3.8) is 0 Å². The first-order valence-corrected chi connectivity index (χ1v) is 6.10. The summed E-state index contributed by atoms with van der Waals surface area (Å²) >= 11 is 1.88. The van der Waals surface area contributed by atoms with Crippen LogP contribution in [0.2, 0.25) is 0 Å². The Morgan fingerprint density at radius 1 is 1.42 bits per heavy atom. The van der Waals surface area contributed by atoms with Gasteiger partial charge in [0.2, 0.25) is 0 Å². The number of ether oxygens (including phenoxy) is 1. The van der Waals surface area contributed by atoms with Crippen LogP contribution in [0.1, 0.15) is 12.8 Å². The lowest BCUT2D eigenvalue weighted by Gasteiger charge is -2.04. The molecule has 0 amide bonds. The molecule has 0 bridgehead atoms. The molecule has 3 heteroatoms. The van der Waals surface area contributed by atoms with Crippen molar-refractivity contribution in [2.45, 2.75) is 12.8 Å². The van der Waals surface area contributed by atoms with E-state index in [1.54, 1.807) is 0 Å². The second-order valence-corrected chi connectivity index (χ2v) is 4.25. The Kier molecular flexibility index (Phi) is 5.82. The molecule has 0 heterocycles. The molecular weight excluding hydrogens is 170 g/mol. The van der Waals surface area contributed by atoms with Gasteiger partial charge in [0.05, 0.1) is 6.61 Å². The molecule has 1 N–H and O–H groups in total. The normalized spacial score (nSPS) is 16.8. The summed E-state index contributed by atoms with van der Waals surface area (Å²) < 4.78 is 5.47. The molecule has 12 heavy (non-hydrogen) atoms. The number of hydrogen-bond donors (Lipinski definition) is 1. The van der Waals surface area contributed by atoms with Gasteiger partial charge < -0.3 is 10.1 Å². The van der Waals surface area contributed by atoms with Crippen molar-refractivity contribution in [3.05, 3.63) is 0 Å². The minimum Gasteiger partial charge on any atom is -0.380 e. The van der Waals surface area contributed by atoms with Crippen LogP contribution in [0.25, 0.3) is 0 Å². The van der Waals surface area contributed by atoms with Crippen LogP contribution in [0, 0.1) is 5.92 Å². The molecule has 72 valence electrons. The van der Waals surface area contributed by atoms with E-state index in [2.05, 4.69) is 11.6 Å². The molecule has 0 aromatic carbocycles. The van der Waals surface area contributed by atoms with Crippen molar-refractivity contribution in [2.75, 3.05) is 38.3 Å². The Morgan fingerprint density at radius 3 is 2.92 bits per heavy atom. The highest BCUT2D eigenvalue weighted by molar-refractivity contribution is 7.98. The maximum absolute atomic E-state index is 5.47. The average Bonchev–Trinajstić information content (AvgIpc) is 2.87. The molecule has 0 saturated heterocycles. The fourth-order valence-corrected chi connectivity index (χ4v) is 1.33. The SMILES string of the molecule is CSCCNCCOCC1CC1. The molecule has 0 atom stereocenters. The molecule has 1 rings (SSSR count). The van der Waals surface area contributed by atoms with E-state index in [0.29, 0.717) is 0 Å². The second-order valence-electron chi connectivity index (χ2n) is 3.26. The van der Waals surface area contributed by atoms with E-state index >= 15 is 0 Å². The van der Waals surface area contributed by atoms with Crippen molar-refractivity contribution in [1.29, 1.82) is 0 Å². The van der Waals surface area contributed by atoms with E-state index in [9.17, 15) is 0 Å². The van der Waals surface area contributed by atoms with Crippen LogP contribution in [0.15, 0.2) is 0 Å². The summed E-state index contributed by atoms with van der Waals surface area (Å²) in [5, 5.41) is 3.33. The summed E-state index contributed by atoms with van der Waals surface area (Å²) in [5.41, 5.74) is 0. The molecule has 1 aliphatic carbocycles. The Balaban J connectivity index is 1.65. The lowest BCUT2D eigenvalue weighted by molar-refractivity contribution is 0.126. The molecule has 1 saturated carbocycles. The third kappa shape index (κ3) is 5.86. The minimum atomic E-state index is 0.880. The van der Waals surface area contributed by atoms with E-state index < -0.39 is 0 Å². The lowest BCUT2D eigenvalue weighted by Crippen LogP contribution is -2.22. The first-order chi connectivity index (χ1) is 5.93. The monoisotopic (exact) mass is 189 g/mol. The van der Waals surface area contributed by atoms with Crippen LogP contribution in [-0.2, 0) is 4.74 Å². The van der Waals surface area contributed by atoms with E-state index in [4.69, 9.17) is 4.74 Å². The van der Waals surface area contributed by atoms with Gasteiger partial charge >= 0.3 is 0 Å². The number of thioether (sulfide) groups is 1. The van der Waals surface area contributed by atoms with Crippen LogP contribution in [0.4, 0.5) is 0 Å². The maximum Gasteiger partial charge on any atom is 0.0591 e. The van der Waals surface area contributed by atoms with Gasteiger partial charge in [-0.3, -0.25) is 0 Å². The standard InChI is InChI=1S/C9H19NOS/c1-12-7-5-10-4-6-11-8-9-2-3-9/h9-10H,2-8H2,1H3. The van der Waals surface area contributed by atoms with Crippen molar-refractivity contribution in [1.82, 2.24) is 5.32 Å². The summed E-state index contributed by atoms with van der Waals surface area (Å²) in [6.07, 6.45) is 4.91. The summed E-state index contributed by atoms with van der Waals surface area (Å²) in [5.74, 6) is 2.10. The molecule has 0 aromatic heterocycles. The van der Waals surface area contributed by atoms with E-state index in [-0.39, 0.29) is 0 Å². The van der Waals surface area contributed by atoms with E-state index in [1.807, 2.05) is 11.8 Å². The molecule has 0 unspecified atom stereocenters. The molecule has 2 nitrogen and oxygen atoms in total. The minimum absolute atomic E-state index is 0.880. The highest BCUT2D eigenvalue weighted by Gasteiger charge is 2.20. The van der Waals surface area contributed by atoms with Crippen molar-refractivity contribution in [2.24, 2.45) is 5.92 Å². The van der Waals surface area contributed by atoms with Crippen LogP contribution in [-0.4, -0.2) is 38.3 Å². The Morgan fingerprint density at radius 2 is 2.25 bits per heavy atom. The highest BCUT2D eigenvalue weighted by Crippen LogP contribution is 2.28. The Hall–Kier alpha value is 0.270. The first kappa shape index (κ1) is 10.4. The van der Waals surface area contributed by atoms with Gasteiger partial charge in [-0.2, -0.15) is 11.8 Å². The van der Waals surface area contributed by atoms with Crippen LogP contribution >= 0.6 is 11.8 Å². The molecule has 1 aliphatic rings. The molecule has 0 aromatic rings. The van der Waals surface area contributed by atoms with Gasteiger partial charge in [-0.25, -0.2) is 0 Å². The lowest BCUT2D eigenvalue weighted by atomic mass is 10.5. The summed E-state index contributed by atoms with van der Waals surface area (Å²) in [6, 6.07) is 0. The summed E-state index contributed by atoms with van der Waals surface area (Å²) in [4.78, 5) is 0. The van der Waals surface area contributed by atoms with Crippen LogP contribution in [0.3, 0.4) is 0 Å². The maximum atomic E-state index is 5.47. The molecule has 0 aliphatic heterocycles. The van der Waals surface area contributed by atoms with Crippen molar-refractivity contribution < 1.29 is 4.74 Å². The zero-order valence-electron chi connectivity index (χ0n) is 7.84. The number of nitrogens with one attached hydrogen (secondary N) is 1. The van der Waals surface area contributed by atoms with Gasteiger partial charge in [-0.15, -0.1) is 0 Å². The summed E-state index contributed by atoms with van der Waals surface area (Å²) in [7, 11) is 0. The van der Waals surface area contributed by atoms with Gasteiger partial charge in [0, 0.05) is 25.4 Å². The fourth-order valence-electron chi connectivity index (χ4n) is 0.978. The third-order valence-electron chi connectivity index (χ3n) is 1.96. The Bertz CT molecular complexity index is 107. The van der Waals surface area contributed by atoms with E-state index in [1.165, 1.54) is 18.6 Å². The van der Waals surface area contributed by atoms with Gasteiger partial charge in [0.1, 0.15) is 0 Å². The topological polar surface area (TPSA) is 21.3 Å². The molecular formula is C9H19NOS. The van der Waals surface area contributed by atoms with Gasteiger partial charge in [-0.1, -0.05) is 0 Å². The van der Waals surface area contributed by atoms with Crippen LogP contribution < -0.4 is 5.32 Å². The molecule has 0 radical (unpaired) electrons.